The van der Waals surface area contributed by atoms with Gasteiger partial charge in [-0.05, 0) is 19.3 Å². The topological polar surface area (TPSA) is 46.6 Å². The lowest BCUT2D eigenvalue weighted by atomic mass is 10.2. The number of likely N-dealkylation sites (tertiary alicyclic amines) is 1. The van der Waals surface area contributed by atoms with Crippen LogP contribution in [0.15, 0.2) is 25.3 Å². The van der Waals surface area contributed by atoms with E-state index in [1.54, 1.807) is 11.0 Å². The number of amides is 1. The predicted octanol–water partition coefficient (Wildman–Crippen LogP) is 1.67. The van der Waals surface area contributed by atoms with Crippen LogP contribution in [0.25, 0.3) is 0 Å². The number of esters is 1. The zero-order valence-corrected chi connectivity index (χ0v) is 10.1. The van der Waals surface area contributed by atoms with E-state index in [9.17, 15) is 9.59 Å². The Labute approximate surface area is 102 Å². The molecule has 0 aromatic rings. The molecule has 1 amide bonds. The molecule has 4 heteroatoms. The van der Waals surface area contributed by atoms with Gasteiger partial charge >= 0.3 is 5.97 Å². The minimum Gasteiger partial charge on any atom is -0.460 e. The number of allylic oxidation sites excluding steroid dienone is 1. The van der Waals surface area contributed by atoms with Crippen molar-refractivity contribution in [2.24, 2.45) is 0 Å². The predicted molar refractivity (Wildman–Crippen MR) is 65.3 cm³/mol. The highest BCUT2D eigenvalue weighted by Crippen LogP contribution is 2.20. The van der Waals surface area contributed by atoms with Gasteiger partial charge in [-0.15, -0.1) is 6.58 Å². The summed E-state index contributed by atoms with van der Waals surface area (Å²) in [5, 5.41) is 0. The first-order valence-corrected chi connectivity index (χ1v) is 5.88. The van der Waals surface area contributed by atoms with E-state index in [-0.39, 0.29) is 18.5 Å². The van der Waals surface area contributed by atoms with Crippen molar-refractivity contribution < 1.29 is 14.3 Å². The van der Waals surface area contributed by atoms with Gasteiger partial charge in [-0.2, -0.15) is 0 Å². The summed E-state index contributed by atoms with van der Waals surface area (Å²) in [7, 11) is 0. The van der Waals surface area contributed by atoms with Crippen molar-refractivity contribution in [3.8, 4) is 0 Å². The fourth-order valence-corrected chi connectivity index (χ4v) is 1.92. The Balaban J connectivity index is 2.53. The van der Waals surface area contributed by atoms with Crippen LogP contribution in [-0.2, 0) is 14.3 Å². The SMILES string of the molecule is C=CCCC(=O)N1CCC[C@H]1C(=O)OCC=C. The highest BCUT2D eigenvalue weighted by Gasteiger charge is 2.34. The highest BCUT2D eigenvalue weighted by atomic mass is 16.5. The van der Waals surface area contributed by atoms with Crippen molar-refractivity contribution in [1.82, 2.24) is 4.90 Å². The van der Waals surface area contributed by atoms with Gasteiger partial charge in [0.15, 0.2) is 0 Å². The lowest BCUT2D eigenvalue weighted by Crippen LogP contribution is -2.41. The van der Waals surface area contributed by atoms with Crippen molar-refractivity contribution in [3.05, 3.63) is 25.3 Å². The van der Waals surface area contributed by atoms with Crippen LogP contribution in [0.1, 0.15) is 25.7 Å². The second-order valence-electron chi connectivity index (χ2n) is 3.99. The third-order valence-electron chi connectivity index (χ3n) is 2.75. The number of hydrogen-bond donors (Lipinski definition) is 0. The third kappa shape index (κ3) is 3.73. The monoisotopic (exact) mass is 237 g/mol. The summed E-state index contributed by atoms with van der Waals surface area (Å²) in [6.45, 7) is 7.91. The Morgan fingerprint density at radius 1 is 1.35 bits per heavy atom. The lowest BCUT2D eigenvalue weighted by Gasteiger charge is -2.22. The van der Waals surface area contributed by atoms with Crippen LogP contribution < -0.4 is 0 Å². The molecule has 1 aliphatic heterocycles. The first-order valence-electron chi connectivity index (χ1n) is 5.88. The molecule has 1 saturated heterocycles. The number of ether oxygens (including phenoxy) is 1. The van der Waals surface area contributed by atoms with Crippen LogP contribution in [0.2, 0.25) is 0 Å². The number of rotatable bonds is 6. The van der Waals surface area contributed by atoms with Gasteiger partial charge in [0.2, 0.25) is 5.91 Å². The minimum absolute atomic E-state index is 0.00273. The zero-order valence-electron chi connectivity index (χ0n) is 10.1. The lowest BCUT2D eigenvalue weighted by molar-refractivity contribution is -0.152. The molecule has 1 aliphatic rings. The maximum Gasteiger partial charge on any atom is 0.329 e. The molecule has 0 radical (unpaired) electrons. The van der Waals surface area contributed by atoms with Crippen molar-refractivity contribution in [3.63, 3.8) is 0 Å². The molecule has 1 fully saturated rings. The molecule has 0 spiro atoms. The minimum atomic E-state index is -0.410. The van der Waals surface area contributed by atoms with Gasteiger partial charge in [-0.25, -0.2) is 4.79 Å². The highest BCUT2D eigenvalue weighted by molar-refractivity contribution is 5.85. The molecule has 0 aromatic carbocycles. The number of nitrogens with zero attached hydrogens (tertiary/aromatic N) is 1. The molecule has 4 nitrogen and oxygen atoms in total. The van der Waals surface area contributed by atoms with E-state index in [4.69, 9.17) is 4.74 Å². The molecule has 1 rings (SSSR count). The quantitative estimate of drug-likeness (QED) is 0.521. The van der Waals surface area contributed by atoms with E-state index >= 15 is 0 Å². The van der Waals surface area contributed by atoms with Gasteiger partial charge < -0.3 is 9.64 Å². The fraction of sp³-hybridized carbons (Fsp3) is 0.538. The molecule has 0 bridgehead atoms. The van der Waals surface area contributed by atoms with Gasteiger partial charge in [0.1, 0.15) is 12.6 Å². The maximum absolute atomic E-state index is 11.8. The molecule has 0 aromatic heterocycles. The van der Waals surface area contributed by atoms with E-state index in [1.807, 2.05) is 0 Å². The molecule has 17 heavy (non-hydrogen) atoms. The third-order valence-corrected chi connectivity index (χ3v) is 2.75. The van der Waals surface area contributed by atoms with Gasteiger partial charge in [0.25, 0.3) is 0 Å². The molecule has 0 saturated carbocycles. The molecule has 1 atom stereocenters. The zero-order chi connectivity index (χ0) is 12.7. The summed E-state index contributed by atoms with van der Waals surface area (Å²) in [6, 6.07) is -0.410. The normalized spacial score (nSPS) is 18.8. The van der Waals surface area contributed by atoms with Crippen molar-refractivity contribution in [2.75, 3.05) is 13.2 Å². The molecule has 94 valence electrons. The van der Waals surface area contributed by atoms with Gasteiger partial charge in [-0.3, -0.25) is 4.79 Å². The Hall–Kier alpha value is -1.58. The number of carbonyl (C=O) groups excluding carboxylic acids is 2. The van der Waals surface area contributed by atoms with Crippen LogP contribution in [0.5, 0.6) is 0 Å². The summed E-state index contributed by atoms with van der Waals surface area (Å²) in [5.41, 5.74) is 0. The summed E-state index contributed by atoms with van der Waals surface area (Å²) in [6.07, 6.45) is 5.83. The summed E-state index contributed by atoms with van der Waals surface area (Å²) < 4.78 is 4.99. The van der Waals surface area contributed by atoms with E-state index in [0.717, 1.165) is 6.42 Å². The van der Waals surface area contributed by atoms with E-state index in [1.165, 1.54) is 6.08 Å². The van der Waals surface area contributed by atoms with Crippen LogP contribution in [0.4, 0.5) is 0 Å². The Morgan fingerprint density at radius 3 is 2.76 bits per heavy atom. The van der Waals surface area contributed by atoms with Gasteiger partial charge in [0, 0.05) is 13.0 Å². The smallest absolute Gasteiger partial charge is 0.329 e. The first-order chi connectivity index (χ1) is 8.20. The van der Waals surface area contributed by atoms with Gasteiger partial charge in [-0.1, -0.05) is 18.7 Å². The van der Waals surface area contributed by atoms with E-state index in [0.29, 0.717) is 25.8 Å². The van der Waals surface area contributed by atoms with Crippen LogP contribution >= 0.6 is 0 Å². The summed E-state index contributed by atoms with van der Waals surface area (Å²) in [4.78, 5) is 25.2. The van der Waals surface area contributed by atoms with Crippen molar-refractivity contribution >= 4 is 11.9 Å². The molecule has 0 unspecified atom stereocenters. The largest absolute Gasteiger partial charge is 0.460 e. The molecule has 0 aliphatic carbocycles. The van der Waals surface area contributed by atoms with E-state index < -0.39 is 6.04 Å². The fourth-order valence-electron chi connectivity index (χ4n) is 1.92. The Kier molecular flexibility index (Phi) is 5.46. The average molecular weight is 237 g/mol. The molecule has 1 heterocycles. The maximum atomic E-state index is 11.8. The molecule has 0 N–H and O–H groups in total. The Bertz CT molecular complexity index is 282. The second-order valence-corrected chi connectivity index (χ2v) is 3.99. The van der Waals surface area contributed by atoms with Crippen LogP contribution in [-0.4, -0.2) is 36.0 Å². The van der Waals surface area contributed by atoms with Crippen LogP contribution in [0.3, 0.4) is 0 Å². The first kappa shape index (κ1) is 13.5. The average Bonchev–Trinajstić information content (AvgIpc) is 2.82. The number of hydrogen-bond acceptors (Lipinski definition) is 3. The van der Waals surface area contributed by atoms with Gasteiger partial charge in [0.05, 0.1) is 0 Å². The van der Waals surface area contributed by atoms with Crippen molar-refractivity contribution in [1.29, 1.82) is 0 Å². The molecular weight excluding hydrogens is 218 g/mol. The Morgan fingerprint density at radius 2 is 2.12 bits per heavy atom. The number of carbonyl (C=O) groups is 2. The van der Waals surface area contributed by atoms with E-state index in [2.05, 4.69) is 13.2 Å². The molecular formula is C13H19NO3. The summed E-state index contributed by atoms with van der Waals surface area (Å²) >= 11 is 0. The second kappa shape index (κ2) is 6.89. The van der Waals surface area contributed by atoms with Crippen LogP contribution in [0, 0.1) is 0 Å². The standard InChI is InChI=1S/C13H19NO3/c1-3-5-8-12(15)14-9-6-7-11(14)13(16)17-10-4-2/h3-4,11H,1-2,5-10H2/t11-/m0/s1. The summed E-state index contributed by atoms with van der Waals surface area (Å²) in [5.74, 6) is -0.322. The van der Waals surface area contributed by atoms with Crippen molar-refractivity contribution in [2.45, 2.75) is 31.7 Å².